The normalized spacial score (nSPS) is 14.9. The Bertz CT molecular complexity index is 1860. The summed E-state index contributed by atoms with van der Waals surface area (Å²) in [4.78, 5) is 28.8. The summed E-state index contributed by atoms with van der Waals surface area (Å²) in [5.41, 5.74) is 4.08. The summed E-state index contributed by atoms with van der Waals surface area (Å²) in [6.45, 7) is 8.32. The Balaban J connectivity index is 1.29. The number of nitrogens with zero attached hydrogens (tertiary/aromatic N) is 7. The zero-order valence-electron chi connectivity index (χ0n) is 27.0. The van der Waals surface area contributed by atoms with Gasteiger partial charge in [-0.1, -0.05) is 18.2 Å². The number of halogens is 1. The maximum atomic E-state index is 15.3. The highest BCUT2D eigenvalue weighted by atomic mass is 19.1. The first-order chi connectivity index (χ1) is 22.7. The van der Waals surface area contributed by atoms with Crippen LogP contribution < -0.4 is 24.6 Å². The van der Waals surface area contributed by atoms with Crippen molar-refractivity contribution in [2.24, 2.45) is 0 Å². The number of anilines is 5. The summed E-state index contributed by atoms with van der Waals surface area (Å²) in [7, 11) is 3.59. The highest BCUT2D eigenvalue weighted by Gasteiger charge is 2.27. The maximum absolute atomic E-state index is 15.3. The van der Waals surface area contributed by atoms with Gasteiger partial charge in [0.1, 0.15) is 11.6 Å². The van der Waals surface area contributed by atoms with Gasteiger partial charge in [-0.25, -0.2) is 23.8 Å². The fourth-order valence-electron chi connectivity index (χ4n) is 5.67. The summed E-state index contributed by atoms with van der Waals surface area (Å²) < 4.78 is 28.5. The van der Waals surface area contributed by atoms with E-state index in [1.54, 1.807) is 53.5 Å². The van der Waals surface area contributed by atoms with Gasteiger partial charge >= 0.3 is 6.09 Å². The third kappa shape index (κ3) is 6.73. The number of carbonyl (C=O) groups is 1. The van der Waals surface area contributed by atoms with E-state index in [0.29, 0.717) is 28.9 Å². The molecule has 47 heavy (non-hydrogen) atoms. The van der Waals surface area contributed by atoms with E-state index in [4.69, 9.17) is 9.47 Å². The van der Waals surface area contributed by atoms with Gasteiger partial charge in [-0.15, -0.1) is 0 Å². The van der Waals surface area contributed by atoms with Gasteiger partial charge in [0.25, 0.3) is 0 Å². The lowest BCUT2D eigenvalue weighted by Crippen LogP contribution is -2.50. The highest BCUT2D eigenvalue weighted by molar-refractivity contribution is 5.98. The number of aromatic nitrogens is 4. The molecule has 2 aromatic heterocycles. The van der Waals surface area contributed by atoms with Crippen molar-refractivity contribution >= 4 is 34.9 Å². The van der Waals surface area contributed by atoms with Gasteiger partial charge in [-0.3, -0.25) is 0 Å². The van der Waals surface area contributed by atoms with Gasteiger partial charge in [0.05, 0.1) is 24.2 Å². The summed E-state index contributed by atoms with van der Waals surface area (Å²) in [6, 6.07) is 19.7. The Morgan fingerprint density at radius 3 is 2.51 bits per heavy atom. The topological polar surface area (TPSA) is 101 Å². The van der Waals surface area contributed by atoms with E-state index in [9.17, 15) is 4.79 Å². The Morgan fingerprint density at radius 2 is 1.81 bits per heavy atom. The van der Waals surface area contributed by atoms with Crippen LogP contribution in [-0.4, -0.2) is 70.6 Å². The zero-order chi connectivity index (χ0) is 33.1. The molecule has 1 amide bonds. The molecule has 1 aliphatic rings. The van der Waals surface area contributed by atoms with Gasteiger partial charge in [-0.05, 0) is 75.3 Å². The van der Waals surface area contributed by atoms with Crippen molar-refractivity contribution in [3.63, 3.8) is 0 Å². The molecular weight excluding hydrogens is 599 g/mol. The molecule has 3 aromatic carbocycles. The SMILES string of the molecule is COc1cc(-n2cccn2)ccc1OC(=O)N(c1ccnc(Nc2ccc(N3CCN(C)C(C)C3)c(F)c2)n1)c1c(C)cccc1C. The molecule has 1 saturated heterocycles. The second-order valence-electron chi connectivity index (χ2n) is 11.5. The van der Waals surface area contributed by atoms with Gasteiger partial charge in [-0.2, -0.15) is 10.1 Å². The number of hydrogen-bond acceptors (Lipinski definition) is 9. The number of para-hydroxylation sites is 1. The fourth-order valence-corrected chi connectivity index (χ4v) is 5.67. The number of ether oxygens (including phenoxy) is 2. The minimum atomic E-state index is -0.700. The molecule has 1 atom stereocenters. The molecule has 0 bridgehead atoms. The Hall–Kier alpha value is -5.49. The van der Waals surface area contributed by atoms with E-state index in [1.165, 1.54) is 24.3 Å². The molecule has 0 radical (unpaired) electrons. The number of aryl methyl sites for hydroxylation is 2. The molecule has 1 unspecified atom stereocenters. The smallest absolute Gasteiger partial charge is 0.425 e. The molecule has 1 fully saturated rings. The number of piperazine rings is 1. The van der Waals surface area contributed by atoms with Crippen LogP contribution in [0.15, 0.2) is 85.3 Å². The maximum Gasteiger partial charge on any atom is 0.425 e. The number of nitrogens with one attached hydrogen (secondary N) is 1. The lowest BCUT2D eigenvalue weighted by atomic mass is 10.1. The quantitative estimate of drug-likeness (QED) is 0.201. The van der Waals surface area contributed by atoms with Crippen LogP contribution >= 0.6 is 0 Å². The van der Waals surface area contributed by atoms with Crippen molar-refractivity contribution in [2.45, 2.75) is 26.8 Å². The molecule has 1 aliphatic heterocycles. The van der Waals surface area contributed by atoms with Crippen molar-refractivity contribution in [3.05, 3.63) is 102 Å². The van der Waals surface area contributed by atoms with Crippen molar-refractivity contribution in [1.29, 1.82) is 0 Å². The Kier molecular flexibility index (Phi) is 9.03. The standard InChI is InChI=1S/C35H37FN8O3/c1-23-8-6-9-24(2)33(23)44(35(45)47-30-13-11-27(21-31(30)46-5)43-17-7-15-38-43)32-14-16-37-34(40-32)39-26-10-12-29(28(36)20-26)42-19-18-41(4)25(3)22-42/h6-17,20-21,25H,18-19,22H2,1-5H3,(H,37,39,40). The molecule has 0 aliphatic carbocycles. The van der Waals surface area contributed by atoms with E-state index < -0.39 is 6.09 Å². The summed E-state index contributed by atoms with van der Waals surface area (Å²) in [5.74, 6) is 0.696. The van der Waals surface area contributed by atoms with Crippen LogP contribution in [0.25, 0.3) is 5.69 Å². The molecule has 11 nitrogen and oxygen atoms in total. The molecule has 5 aromatic rings. The van der Waals surface area contributed by atoms with E-state index >= 15 is 4.39 Å². The summed E-state index contributed by atoms with van der Waals surface area (Å²) in [6.07, 6.45) is 4.32. The van der Waals surface area contributed by atoms with E-state index in [-0.39, 0.29) is 23.3 Å². The van der Waals surface area contributed by atoms with E-state index in [2.05, 4.69) is 44.2 Å². The van der Waals surface area contributed by atoms with Gasteiger partial charge in [0.2, 0.25) is 5.95 Å². The van der Waals surface area contributed by atoms with Crippen molar-refractivity contribution in [2.75, 3.05) is 48.9 Å². The molecule has 242 valence electrons. The second-order valence-corrected chi connectivity index (χ2v) is 11.5. The Labute approximate surface area is 273 Å². The van der Waals surface area contributed by atoms with Gasteiger partial charge in [0, 0.05) is 62.1 Å². The highest BCUT2D eigenvalue weighted by Crippen LogP contribution is 2.35. The average molecular weight is 637 g/mol. The predicted octanol–water partition coefficient (Wildman–Crippen LogP) is 6.65. The third-order valence-electron chi connectivity index (χ3n) is 8.33. The molecule has 12 heteroatoms. The predicted molar refractivity (Wildman–Crippen MR) is 180 cm³/mol. The zero-order valence-corrected chi connectivity index (χ0v) is 27.0. The fraction of sp³-hybridized carbons (Fsp3) is 0.257. The minimum absolute atomic E-state index is 0.188. The Morgan fingerprint density at radius 1 is 1.00 bits per heavy atom. The van der Waals surface area contributed by atoms with Crippen LogP contribution in [-0.2, 0) is 0 Å². The minimum Gasteiger partial charge on any atom is -0.493 e. The molecule has 1 N–H and O–H groups in total. The van der Waals surface area contributed by atoms with Crippen LogP contribution in [0.1, 0.15) is 18.1 Å². The van der Waals surface area contributed by atoms with Crippen LogP contribution in [0.2, 0.25) is 0 Å². The number of benzene rings is 3. The summed E-state index contributed by atoms with van der Waals surface area (Å²) >= 11 is 0. The van der Waals surface area contributed by atoms with Crippen molar-refractivity contribution in [3.8, 4) is 17.2 Å². The largest absolute Gasteiger partial charge is 0.493 e. The number of amides is 1. The van der Waals surface area contributed by atoms with Crippen LogP contribution in [0, 0.1) is 19.7 Å². The van der Waals surface area contributed by atoms with Gasteiger partial charge in [0.15, 0.2) is 11.5 Å². The van der Waals surface area contributed by atoms with Gasteiger partial charge < -0.3 is 24.6 Å². The first-order valence-electron chi connectivity index (χ1n) is 15.3. The van der Waals surface area contributed by atoms with E-state index in [0.717, 1.165) is 36.4 Å². The lowest BCUT2D eigenvalue weighted by molar-refractivity contribution is 0.208. The van der Waals surface area contributed by atoms with Crippen molar-refractivity contribution in [1.82, 2.24) is 24.6 Å². The molecule has 3 heterocycles. The number of likely N-dealkylation sites (N-methyl/N-ethyl adjacent to an activating group) is 1. The van der Waals surface area contributed by atoms with Crippen LogP contribution in [0.5, 0.6) is 11.5 Å². The van der Waals surface area contributed by atoms with Crippen LogP contribution in [0.3, 0.4) is 0 Å². The lowest BCUT2D eigenvalue weighted by Gasteiger charge is -2.39. The first kappa shape index (κ1) is 31.5. The average Bonchev–Trinajstić information content (AvgIpc) is 3.60. The second kappa shape index (κ2) is 13.5. The van der Waals surface area contributed by atoms with Crippen LogP contribution in [0.4, 0.5) is 38.0 Å². The van der Waals surface area contributed by atoms with Crippen molar-refractivity contribution < 1.29 is 18.7 Å². The molecule has 0 spiro atoms. The number of carbonyl (C=O) groups excluding carboxylic acids is 1. The number of methoxy groups -OCH3 is 1. The number of rotatable bonds is 8. The monoisotopic (exact) mass is 636 g/mol. The summed E-state index contributed by atoms with van der Waals surface area (Å²) in [5, 5.41) is 7.35. The molecule has 6 rings (SSSR count). The van der Waals surface area contributed by atoms with E-state index in [1.807, 2.05) is 38.1 Å². The number of hydrogen-bond donors (Lipinski definition) is 1. The molecular formula is C35H37FN8O3. The first-order valence-corrected chi connectivity index (χ1v) is 15.3. The third-order valence-corrected chi connectivity index (χ3v) is 8.33. The molecule has 0 saturated carbocycles.